The maximum atomic E-state index is 4.55. The average Bonchev–Trinajstić information content (AvgIpc) is 2.30. The van der Waals surface area contributed by atoms with Crippen LogP contribution in [0.25, 0.3) is 0 Å². The van der Waals surface area contributed by atoms with E-state index in [-0.39, 0.29) is 0 Å². The normalized spacial score (nSPS) is 13.2. The Morgan fingerprint density at radius 3 is 2.19 bits per heavy atom. The van der Waals surface area contributed by atoms with Gasteiger partial charge in [0.2, 0.25) is 0 Å². The summed E-state index contributed by atoms with van der Waals surface area (Å²) in [6, 6.07) is 0. The molecule has 0 heterocycles. The van der Waals surface area contributed by atoms with Gasteiger partial charge in [-0.25, -0.2) is 0 Å². The number of rotatable bonds is 9. The van der Waals surface area contributed by atoms with Crippen LogP contribution in [0.5, 0.6) is 0 Å². The van der Waals surface area contributed by atoms with E-state index < -0.39 is 0 Å². The second-order valence-electron chi connectivity index (χ2n) is 3.70. The van der Waals surface area contributed by atoms with Crippen LogP contribution in [-0.4, -0.2) is 36.0 Å². The Labute approximate surface area is 111 Å². The highest BCUT2D eigenvalue weighted by molar-refractivity contribution is 7.80. The highest BCUT2D eigenvalue weighted by atomic mass is 32.1. The van der Waals surface area contributed by atoms with E-state index in [1.54, 1.807) is 0 Å². The molecule has 0 fully saturated rings. The van der Waals surface area contributed by atoms with Crippen LogP contribution in [0.3, 0.4) is 0 Å². The van der Waals surface area contributed by atoms with Crippen LogP contribution in [-0.2, 0) is 0 Å². The topological polar surface area (TPSA) is 24.7 Å². The van der Waals surface area contributed by atoms with Gasteiger partial charge in [0.25, 0.3) is 0 Å². The Morgan fingerprint density at radius 2 is 1.62 bits per heavy atom. The van der Waals surface area contributed by atoms with E-state index in [2.05, 4.69) is 42.2 Å². The first-order valence-corrected chi connectivity index (χ1v) is 7.29. The first-order chi connectivity index (χ1) is 7.76. The number of unbranched alkanes of at least 4 members (excludes halogenated alkanes) is 2. The smallest absolute Gasteiger partial charge is 0.0555 e. The summed E-state index contributed by atoms with van der Waals surface area (Å²) in [5.74, 6) is 1.60. The van der Waals surface area contributed by atoms with E-state index in [1.807, 2.05) is 6.92 Å². The molecule has 0 unspecified atom stereocenters. The van der Waals surface area contributed by atoms with Gasteiger partial charge in [-0.15, -0.1) is 0 Å². The Kier molecular flexibility index (Phi) is 11.6. The van der Waals surface area contributed by atoms with Crippen LogP contribution in [0.15, 0.2) is 9.98 Å². The van der Waals surface area contributed by atoms with Crippen molar-refractivity contribution in [3.8, 4) is 0 Å². The second-order valence-corrected chi connectivity index (χ2v) is 4.59. The Morgan fingerprint density at radius 1 is 1.00 bits per heavy atom. The summed E-state index contributed by atoms with van der Waals surface area (Å²) in [4.78, 5) is 9.01. The van der Waals surface area contributed by atoms with Gasteiger partial charge in [0.05, 0.1) is 11.4 Å². The van der Waals surface area contributed by atoms with Crippen molar-refractivity contribution in [3.05, 3.63) is 0 Å². The molecule has 2 nitrogen and oxygen atoms in total. The van der Waals surface area contributed by atoms with Crippen molar-refractivity contribution in [2.45, 2.75) is 39.5 Å². The van der Waals surface area contributed by atoms with Crippen LogP contribution < -0.4 is 0 Å². The average molecular weight is 260 g/mol. The quantitative estimate of drug-likeness (QED) is 0.361. The molecule has 94 valence electrons. The number of hydrogen-bond acceptors (Lipinski definition) is 4. The monoisotopic (exact) mass is 260 g/mol. The van der Waals surface area contributed by atoms with E-state index in [4.69, 9.17) is 0 Å². The summed E-state index contributed by atoms with van der Waals surface area (Å²) in [7, 11) is 0. The molecule has 0 aliphatic rings. The molecule has 0 spiro atoms. The SMILES string of the molecule is CCCCCC(=NCCS)C(C)=NCCS. The third-order valence-electron chi connectivity index (χ3n) is 2.29. The fraction of sp³-hybridized carbons (Fsp3) is 0.833. The van der Waals surface area contributed by atoms with Crippen LogP contribution in [0.2, 0.25) is 0 Å². The molecule has 0 aliphatic carbocycles. The lowest BCUT2D eigenvalue weighted by Crippen LogP contribution is -2.13. The number of aliphatic imine (C=N–C) groups is 2. The summed E-state index contributed by atoms with van der Waals surface area (Å²) in [6.07, 6.45) is 4.76. The fourth-order valence-electron chi connectivity index (χ4n) is 1.41. The summed E-state index contributed by atoms with van der Waals surface area (Å²) in [5, 5.41) is 0. The van der Waals surface area contributed by atoms with Crippen LogP contribution in [0, 0.1) is 0 Å². The molecule has 4 heteroatoms. The molecule has 0 N–H and O–H groups in total. The molecule has 0 amide bonds. The number of hydrogen-bond donors (Lipinski definition) is 2. The minimum absolute atomic E-state index is 0.780. The van der Waals surface area contributed by atoms with E-state index in [0.717, 1.165) is 42.4 Å². The van der Waals surface area contributed by atoms with Crippen molar-refractivity contribution in [2.75, 3.05) is 24.6 Å². The zero-order valence-corrected chi connectivity index (χ0v) is 12.2. The summed E-state index contributed by atoms with van der Waals surface area (Å²) in [6.45, 7) is 5.83. The predicted octanol–water partition coefficient (Wildman–Crippen LogP) is 3.33. The molecule has 0 saturated heterocycles. The molecule has 16 heavy (non-hydrogen) atoms. The van der Waals surface area contributed by atoms with Gasteiger partial charge in [0.1, 0.15) is 0 Å². The lowest BCUT2D eigenvalue weighted by atomic mass is 10.1. The molecular formula is C12H24N2S2. The van der Waals surface area contributed by atoms with E-state index in [1.165, 1.54) is 19.3 Å². The standard InChI is InChI=1S/C12H24N2S2/c1-3-4-5-6-12(14-8-10-16)11(2)13-7-9-15/h15-16H,3-10H2,1-2H3. The highest BCUT2D eigenvalue weighted by Gasteiger charge is 2.03. The van der Waals surface area contributed by atoms with Crippen molar-refractivity contribution in [2.24, 2.45) is 9.98 Å². The molecule has 0 aromatic rings. The van der Waals surface area contributed by atoms with E-state index in [0.29, 0.717) is 0 Å². The van der Waals surface area contributed by atoms with Crippen molar-refractivity contribution in [1.29, 1.82) is 0 Å². The maximum Gasteiger partial charge on any atom is 0.0555 e. The second kappa shape index (κ2) is 11.5. The first kappa shape index (κ1) is 16.0. The zero-order valence-electron chi connectivity index (χ0n) is 10.4. The van der Waals surface area contributed by atoms with Crippen molar-refractivity contribution >= 4 is 36.7 Å². The molecule has 0 aromatic heterocycles. The van der Waals surface area contributed by atoms with Crippen molar-refractivity contribution in [3.63, 3.8) is 0 Å². The van der Waals surface area contributed by atoms with Gasteiger partial charge in [0.15, 0.2) is 0 Å². The van der Waals surface area contributed by atoms with Gasteiger partial charge >= 0.3 is 0 Å². The number of thiol groups is 2. The van der Waals surface area contributed by atoms with Gasteiger partial charge in [-0.2, -0.15) is 25.3 Å². The van der Waals surface area contributed by atoms with Crippen molar-refractivity contribution in [1.82, 2.24) is 0 Å². The van der Waals surface area contributed by atoms with E-state index >= 15 is 0 Å². The molecule has 0 atom stereocenters. The summed E-state index contributed by atoms with van der Waals surface area (Å²) < 4.78 is 0. The largest absolute Gasteiger partial charge is 0.287 e. The molecule has 0 rings (SSSR count). The lowest BCUT2D eigenvalue weighted by Gasteiger charge is -2.06. The van der Waals surface area contributed by atoms with Crippen LogP contribution in [0.1, 0.15) is 39.5 Å². The summed E-state index contributed by atoms with van der Waals surface area (Å²) in [5.41, 5.74) is 2.23. The minimum atomic E-state index is 0.780. The van der Waals surface area contributed by atoms with Gasteiger partial charge in [-0.3, -0.25) is 9.98 Å². The zero-order chi connectivity index (χ0) is 12.2. The fourth-order valence-corrected chi connectivity index (χ4v) is 1.61. The van der Waals surface area contributed by atoms with Crippen molar-refractivity contribution < 1.29 is 0 Å². The van der Waals surface area contributed by atoms with Gasteiger partial charge in [-0.1, -0.05) is 19.8 Å². The molecule has 0 radical (unpaired) electrons. The lowest BCUT2D eigenvalue weighted by molar-refractivity contribution is 0.742. The van der Waals surface area contributed by atoms with Gasteiger partial charge in [0, 0.05) is 24.6 Å². The van der Waals surface area contributed by atoms with Crippen LogP contribution in [0.4, 0.5) is 0 Å². The number of nitrogens with zero attached hydrogens (tertiary/aromatic N) is 2. The third-order valence-corrected chi connectivity index (χ3v) is 2.69. The van der Waals surface area contributed by atoms with Gasteiger partial charge < -0.3 is 0 Å². The molecule has 0 aliphatic heterocycles. The Bertz CT molecular complexity index is 225. The Hall–Kier alpha value is 0.0400. The highest BCUT2D eigenvalue weighted by Crippen LogP contribution is 2.03. The predicted molar refractivity (Wildman–Crippen MR) is 82.1 cm³/mol. The maximum absolute atomic E-state index is 4.55. The molecule has 0 aromatic carbocycles. The molecule has 0 bridgehead atoms. The van der Waals surface area contributed by atoms with Gasteiger partial charge in [-0.05, 0) is 19.8 Å². The Balaban J connectivity index is 4.29. The third kappa shape index (κ3) is 8.22. The minimum Gasteiger partial charge on any atom is -0.287 e. The van der Waals surface area contributed by atoms with E-state index in [9.17, 15) is 0 Å². The van der Waals surface area contributed by atoms with Crippen LogP contribution >= 0.6 is 25.3 Å². The first-order valence-electron chi connectivity index (χ1n) is 6.02. The summed E-state index contributed by atoms with van der Waals surface area (Å²) >= 11 is 8.35. The molecular weight excluding hydrogens is 236 g/mol. The molecule has 0 saturated carbocycles.